The van der Waals surface area contributed by atoms with Gasteiger partial charge in [0, 0.05) is 30.7 Å². The highest BCUT2D eigenvalue weighted by Crippen LogP contribution is 2.33. The van der Waals surface area contributed by atoms with E-state index in [-0.39, 0.29) is 17.6 Å². The fourth-order valence-corrected chi connectivity index (χ4v) is 2.74. The maximum absolute atomic E-state index is 11.8. The Morgan fingerprint density at radius 2 is 2.06 bits per heavy atom. The minimum Gasteiger partial charge on any atom is -0.352 e. The summed E-state index contributed by atoms with van der Waals surface area (Å²) in [6.45, 7) is 0.674. The van der Waals surface area contributed by atoms with Crippen molar-refractivity contribution in [3.63, 3.8) is 0 Å². The molecule has 0 radical (unpaired) electrons. The summed E-state index contributed by atoms with van der Waals surface area (Å²) in [7, 11) is 0. The summed E-state index contributed by atoms with van der Waals surface area (Å²) < 4.78 is 0. The standard InChI is InChI=1S/C12H14N2O2/c15-11-3-1-2-9-7(11)6-8-10(14-9)4-5-13-12(8)16/h7H,1-6H2,(H,13,16). The zero-order chi connectivity index (χ0) is 11.1. The summed E-state index contributed by atoms with van der Waals surface area (Å²) in [5.41, 5.74) is 2.68. The Balaban J connectivity index is 1.99. The fourth-order valence-electron chi connectivity index (χ4n) is 2.74. The Morgan fingerprint density at radius 3 is 2.94 bits per heavy atom. The Kier molecular flexibility index (Phi) is 2.16. The topological polar surface area (TPSA) is 58.5 Å². The lowest BCUT2D eigenvalue weighted by Crippen LogP contribution is -2.38. The van der Waals surface area contributed by atoms with Crippen LogP contribution in [-0.4, -0.2) is 23.9 Å². The molecule has 0 saturated heterocycles. The summed E-state index contributed by atoms with van der Waals surface area (Å²) in [5, 5.41) is 2.81. The van der Waals surface area contributed by atoms with E-state index in [0.29, 0.717) is 19.4 Å². The van der Waals surface area contributed by atoms with Gasteiger partial charge in [-0.15, -0.1) is 0 Å². The lowest BCUT2D eigenvalue weighted by atomic mass is 9.79. The predicted octanol–water partition coefficient (Wildman–Crippen LogP) is 0.974. The summed E-state index contributed by atoms with van der Waals surface area (Å²) in [5.74, 6) is 0.133. The molecular formula is C12H14N2O2. The third-order valence-electron chi connectivity index (χ3n) is 3.60. The highest BCUT2D eigenvalue weighted by molar-refractivity contribution is 6.10. The molecule has 0 aromatic carbocycles. The van der Waals surface area contributed by atoms with Gasteiger partial charge in [0.15, 0.2) is 0 Å². The number of Topliss-reactive ketones (excluding diaryl/α,β-unsaturated/α-hetero) is 1. The van der Waals surface area contributed by atoms with E-state index in [9.17, 15) is 9.59 Å². The summed E-state index contributed by atoms with van der Waals surface area (Å²) >= 11 is 0. The van der Waals surface area contributed by atoms with Crippen LogP contribution in [0.5, 0.6) is 0 Å². The molecule has 3 aliphatic rings. The van der Waals surface area contributed by atoms with Crippen LogP contribution in [0.4, 0.5) is 0 Å². The first-order valence-corrected chi connectivity index (χ1v) is 5.86. The van der Waals surface area contributed by atoms with Gasteiger partial charge < -0.3 is 5.32 Å². The number of carbonyl (C=O) groups excluding carboxylic acids is 2. The van der Waals surface area contributed by atoms with Crippen molar-refractivity contribution in [1.82, 2.24) is 5.32 Å². The van der Waals surface area contributed by atoms with Gasteiger partial charge in [0.2, 0.25) is 5.91 Å². The highest BCUT2D eigenvalue weighted by Gasteiger charge is 2.35. The fraction of sp³-hybridized carbons (Fsp3) is 0.583. The van der Waals surface area contributed by atoms with Crippen LogP contribution in [0.3, 0.4) is 0 Å². The number of carbonyl (C=O) groups is 2. The number of rotatable bonds is 0. The molecule has 1 saturated carbocycles. The van der Waals surface area contributed by atoms with Gasteiger partial charge in [-0.05, 0) is 19.3 Å². The number of nitrogens with one attached hydrogen (secondary N) is 1. The molecule has 0 spiro atoms. The minimum atomic E-state index is -0.101. The van der Waals surface area contributed by atoms with Gasteiger partial charge >= 0.3 is 0 Å². The van der Waals surface area contributed by atoms with Gasteiger partial charge in [-0.2, -0.15) is 0 Å². The number of hydrogen-bond acceptors (Lipinski definition) is 3. The Labute approximate surface area is 93.8 Å². The van der Waals surface area contributed by atoms with E-state index >= 15 is 0 Å². The molecule has 1 aliphatic carbocycles. The number of nitrogens with zero attached hydrogens (tertiary/aromatic N) is 1. The molecule has 4 heteroatoms. The van der Waals surface area contributed by atoms with Crippen LogP contribution in [0.2, 0.25) is 0 Å². The summed E-state index contributed by atoms with van der Waals surface area (Å²) in [6.07, 6.45) is 3.88. The van der Waals surface area contributed by atoms with Crippen molar-refractivity contribution in [2.75, 3.05) is 6.54 Å². The lowest BCUT2D eigenvalue weighted by Gasteiger charge is -2.30. The first kappa shape index (κ1) is 9.75. The maximum atomic E-state index is 11.8. The van der Waals surface area contributed by atoms with Gasteiger partial charge in [-0.25, -0.2) is 0 Å². The molecule has 2 heterocycles. The van der Waals surface area contributed by atoms with Crippen molar-refractivity contribution in [3.05, 3.63) is 11.3 Å². The SMILES string of the molecule is O=C1NCCC2=C1CC1C(=O)CCCC1=N2. The zero-order valence-electron chi connectivity index (χ0n) is 9.08. The largest absolute Gasteiger partial charge is 0.352 e. The number of ketones is 1. The second-order valence-electron chi connectivity index (χ2n) is 4.61. The molecule has 1 atom stereocenters. The maximum Gasteiger partial charge on any atom is 0.249 e. The van der Waals surface area contributed by atoms with Crippen LogP contribution in [0.25, 0.3) is 0 Å². The third-order valence-corrected chi connectivity index (χ3v) is 3.60. The molecule has 3 rings (SSSR count). The first-order chi connectivity index (χ1) is 7.75. The molecule has 4 nitrogen and oxygen atoms in total. The van der Waals surface area contributed by atoms with Gasteiger partial charge in [0.05, 0.1) is 11.6 Å². The molecule has 0 bridgehead atoms. The molecule has 0 aromatic heterocycles. The summed E-state index contributed by atoms with van der Waals surface area (Å²) in [4.78, 5) is 28.0. The van der Waals surface area contributed by atoms with Crippen molar-refractivity contribution in [3.8, 4) is 0 Å². The Hall–Kier alpha value is -1.45. The van der Waals surface area contributed by atoms with Crippen LogP contribution in [0, 0.1) is 5.92 Å². The average Bonchev–Trinajstić information content (AvgIpc) is 2.28. The van der Waals surface area contributed by atoms with Crippen LogP contribution in [0.1, 0.15) is 32.1 Å². The van der Waals surface area contributed by atoms with E-state index in [1.807, 2.05) is 0 Å². The zero-order valence-corrected chi connectivity index (χ0v) is 9.08. The van der Waals surface area contributed by atoms with Crippen molar-refractivity contribution in [2.45, 2.75) is 32.1 Å². The van der Waals surface area contributed by atoms with Crippen LogP contribution < -0.4 is 5.32 Å². The van der Waals surface area contributed by atoms with Gasteiger partial charge in [-0.1, -0.05) is 0 Å². The molecule has 1 unspecified atom stereocenters. The molecular weight excluding hydrogens is 204 g/mol. The molecule has 16 heavy (non-hydrogen) atoms. The van der Waals surface area contributed by atoms with Crippen LogP contribution >= 0.6 is 0 Å². The van der Waals surface area contributed by atoms with Crippen molar-refractivity contribution < 1.29 is 9.59 Å². The van der Waals surface area contributed by atoms with Crippen molar-refractivity contribution in [2.24, 2.45) is 10.9 Å². The minimum absolute atomic E-state index is 0.0255. The molecule has 1 amide bonds. The Bertz CT molecular complexity index is 434. The monoisotopic (exact) mass is 218 g/mol. The number of hydrogen-bond donors (Lipinski definition) is 1. The highest BCUT2D eigenvalue weighted by atomic mass is 16.2. The first-order valence-electron chi connectivity index (χ1n) is 5.86. The van der Waals surface area contributed by atoms with E-state index in [4.69, 9.17) is 0 Å². The van der Waals surface area contributed by atoms with E-state index in [0.717, 1.165) is 36.2 Å². The second-order valence-corrected chi connectivity index (χ2v) is 4.61. The quantitative estimate of drug-likeness (QED) is 0.658. The van der Waals surface area contributed by atoms with Gasteiger partial charge in [0.25, 0.3) is 0 Å². The van der Waals surface area contributed by atoms with Crippen molar-refractivity contribution >= 4 is 17.4 Å². The molecule has 0 aromatic rings. The lowest BCUT2D eigenvalue weighted by molar-refractivity contribution is -0.121. The molecule has 1 fully saturated rings. The summed E-state index contributed by atoms with van der Waals surface area (Å²) in [6, 6.07) is 0. The van der Waals surface area contributed by atoms with Gasteiger partial charge in [0.1, 0.15) is 5.78 Å². The second kappa shape index (κ2) is 3.54. The predicted molar refractivity (Wildman–Crippen MR) is 59.1 cm³/mol. The normalized spacial score (nSPS) is 29.2. The van der Waals surface area contributed by atoms with E-state index in [1.54, 1.807) is 0 Å². The van der Waals surface area contributed by atoms with E-state index < -0.39 is 0 Å². The number of aliphatic imine (C=N–C) groups is 1. The van der Waals surface area contributed by atoms with Gasteiger partial charge in [-0.3, -0.25) is 14.6 Å². The molecule has 1 N–H and O–H groups in total. The smallest absolute Gasteiger partial charge is 0.249 e. The molecule has 2 aliphatic heterocycles. The van der Waals surface area contributed by atoms with E-state index in [2.05, 4.69) is 10.3 Å². The van der Waals surface area contributed by atoms with E-state index in [1.165, 1.54) is 0 Å². The average molecular weight is 218 g/mol. The third kappa shape index (κ3) is 1.40. The Morgan fingerprint density at radius 1 is 1.19 bits per heavy atom. The van der Waals surface area contributed by atoms with Crippen molar-refractivity contribution in [1.29, 1.82) is 0 Å². The number of fused-ring (bicyclic) bond motifs is 1. The molecule has 84 valence electrons. The number of amides is 1. The van der Waals surface area contributed by atoms with Crippen LogP contribution in [0.15, 0.2) is 16.3 Å². The van der Waals surface area contributed by atoms with Crippen LogP contribution in [-0.2, 0) is 9.59 Å².